The minimum atomic E-state index is -3.21. The molecule has 0 bridgehead atoms. The molecule has 0 amide bonds. The van der Waals surface area contributed by atoms with Crippen molar-refractivity contribution < 1.29 is 428 Å². The summed E-state index contributed by atoms with van der Waals surface area (Å²) in [5.74, 6) is 0. The molecular weight excluding hydrogens is 604 g/mol. The molecule has 0 aliphatic heterocycles. The predicted octanol–water partition coefficient (Wildman–Crippen LogP) is 1.54. The van der Waals surface area contributed by atoms with Crippen molar-refractivity contribution in [3.05, 3.63) is 0 Å². The minimum absolute atomic E-state index is 0. The standard InChI is InChI=1S/C7H16O3S.11Ar/c1-3-4-5-6-7-10-11(2,8)9;;;;;;;;;;;/h3-7H2,1-2H3;;;;;;;;;;;. The summed E-state index contributed by atoms with van der Waals surface area (Å²) in [6.45, 7) is 2.44. The van der Waals surface area contributed by atoms with Gasteiger partial charge in [0.2, 0.25) is 0 Å². The Balaban J connectivity index is -0.00000000909. The maximum Gasteiger partial charge on any atom is 0.264 e. The van der Waals surface area contributed by atoms with Gasteiger partial charge in [0.15, 0.2) is 0 Å². The Morgan fingerprint density at radius 2 is 0.955 bits per heavy atom. The van der Waals surface area contributed by atoms with E-state index in [0.29, 0.717) is 6.61 Å². The summed E-state index contributed by atoms with van der Waals surface area (Å²) >= 11 is 0. The van der Waals surface area contributed by atoms with Crippen molar-refractivity contribution in [2.75, 3.05) is 12.9 Å². The first kappa shape index (κ1) is 76.5. The maximum absolute atomic E-state index is 10.4. The second-order valence-electron chi connectivity index (χ2n) is 2.59. The number of hydrogen-bond acceptors (Lipinski definition) is 3. The monoisotopic (exact) mass is 620 g/mol. The Bertz CT molecular complexity index is 194. The molecule has 0 spiro atoms. The predicted molar refractivity (Wildman–Crippen MR) is 44.9 cm³/mol. The molecule has 0 aromatic heterocycles. The molecule has 3 nitrogen and oxygen atoms in total. The average molecular weight is 620 g/mol. The molecule has 15 heteroatoms. The van der Waals surface area contributed by atoms with E-state index in [1.165, 1.54) is 0 Å². The first-order valence-electron chi connectivity index (χ1n) is 3.90. The third kappa shape index (κ3) is 76.5. The van der Waals surface area contributed by atoms with Crippen molar-refractivity contribution in [2.45, 2.75) is 32.6 Å². The van der Waals surface area contributed by atoms with Gasteiger partial charge in [-0.2, -0.15) is 8.42 Å². The third-order valence-electron chi connectivity index (χ3n) is 1.30. The molecule has 0 saturated heterocycles. The van der Waals surface area contributed by atoms with Crippen LogP contribution in [0.25, 0.3) is 0 Å². The second-order valence-corrected chi connectivity index (χ2v) is 4.23. The molecule has 0 aromatic rings. The molecule has 0 aliphatic carbocycles. The van der Waals surface area contributed by atoms with E-state index in [9.17, 15) is 8.42 Å². The zero-order chi connectivity index (χ0) is 8.74. The van der Waals surface area contributed by atoms with Crippen LogP contribution in [0.1, 0.15) is 32.6 Å². The quantitative estimate of drug-likeness (QED) is 0.335. The van der Waals surface area contributed by atoms with Crippen LogP contribution in [0.15, 0.2) is 0 Å². The molecule has 156 valence electrons. The fraction of sp³-hybridized carbons (Fsp3) is 1.00. The number of hydrogen-bond donors (Lipinski definition) is 0. The van der Waals surface area contributed by atoms with Gasteiger partial charge in [0.1, 0.15) is 0 Å². The largest absolute Gasteiger partial charge is 0.270 e. The Hall–Kier alpha value is 13.8. The molecule has 0 atom stereocenters. The SMILES string of the molecule is CCCCCCOS(C)(=O)=O.[Ar].[Ar].[Ar].[Ar].[Ar].[Ar].[Ar].[Ar].[Ar].[Ar].[Ar]. The fourth-order valence-corrected chi connectivity index (χ4v) is 1.16. The Kier molecular flexibility index (Phi) is 208. The molecule has 0 saturated carbocycles. The van der Waals surface area contributed by atoms with E-state index < -0.39 is 10.1 Å². The van der Waals surface area contributed by atoms with Crippen molar-refractivity contribution in [1.29, 1.82) is 0 Å². The first-order valence-corrected chi connectivity index (χ1v) is 5.72. The van der Waals surface area contributed by atoms with E-state index in [0.717, 1.165) is 31.9 Å². The normalized spacial score (nSPS) is 5.91. The maximum atomic E-state index is 10.4. The molecule has 22 heavy (non-hydrogen) atoms. The van der Waals surface area contributed by atoms with E-state index in [1.807, 2.05) is 0 Å². The Morgan fingerprint density at radius 1 is 0.636 bits per heavy atom. The van der Waals surface area contributed by atoms with Crippen LogP contribution in [0, 0.1) is 415 Å². The molecule has 0 N–H and O–H groups in total. The van der Waals surface area contributed by atoms with Gasteiger partial charge in [-0.05, 0) is 6.42 Å². The second kappa shape index (κ2) is 59.7. The molecular formula is C7H16Ar11O3S. The summed E-state index contributed by atoms with van der Waals surface area (Å²) in [4.78, 5) is 0. The van der Waals surface area contributed by atoms with Gasteiger partial charge >= 0.3 is 0 Å². The molecule has 0 heterocycles. The van der Waals surface area contributed by atoms with Crippen LogP contribution >= 0.6 is 0 Å². The number of unbranched alkanes of at least 4 members (excludes halogenated alkanes) is 3. The summed E-state index contributed by atoms with van der Waals surface area (Å²) < 4.78 is 25.4. The molecule has 0 radical (unpaired) electrons. The van der Waals surface area contributed by atoms with Crippen molar-refractivity contribution >= 4 is 10.1 Å². The Morgan fingerprint density at radius 3 is 1.18 bits per heavy atom. The van der Waals surface area contributed by atoms with Crippen LogP contribution in [0.4, 0.5) is 0 Å². The van der Waals surface area contributed by atoms with Crippen LogP contribution in [-0.4, -0.2) is 21.3 Å². The summed E-state index contributed by atoms with van der Waals surface area (Å²) in [6, 6.07) is 0. The summed E-state index contributed by atoms with van der Waals surface area (Å²) in [5, 5.41) is 0. The van der Waals surface area contributed by atoms with Gasteiger partial charge in [-0.15, -0.1) is 0 Å². The van der Waals surface area contributed by atoms with Crippen LogP contribution in [-0.2, 0) is 14.3 Å². The van der Waals surface area contributed by atoms with Gasteiger partial charge in [0, 0.05) is 415 Å². The van der Waals surface area contributed by atoms with E-state index >= 15 is 0 Å². The smallest absolute Gasteiger partial charge is 0.264 e. The molecule has 0 unspecified atom stereocenters. The first-order chi connectivity index (χ1) is 5.06. The fourth-order valence-electron chi connectivity index (χ4n) is 0.739. The van der Waals surface area contributed by atoms with Gasteiger partial charge in [0.05, 0.1) is 12.9 Å². The zero-order valence-electron chi connectivity index (χ0n) is 11.1. The van der Waals surface area contributed by atoms with Crippen LogP contribution in [0.5, 0.6) is 0 Å². The van der Waals surface area contributed by atoms with Crippen molar-refractivity contribution in [1.82, 2.24) is 0 Å². The Labute approximate surface area is 466 Å². The van der Waals surface area contributed by atoms with Gasteiger partial charge < -0.3 is 0 Å². The van der Waals surface area contributed by atoms with Crippen LogP contribution in [0.3, 0.4) is 0 Å². The molecule has 0 rings (SSSR count). The van der Waals surface area contributed by atoms with Crippen molar-refractivity contribution in [3.8, 4) is 0 Å². The van der Waals surface area contributed by atoms with Gasteiger partial charge in [-0.1, -0.05) is 26.2 Å². The van der Waals surface area contributed by atoms with Crippen molar-refractivity contribution in [2.24, 2.45) is 0 Å². The van der Waals surface area contributed by atoms with E-state index in [1.54, 1.807) is 0 Å². The van der Waals surface area contributed by atoms with E-state index in [2.05, 4.69) is 11.1 Å². The van der Waals surface area contributed by atoms with Gasteiger partial charge in [-0.3, -0.25) is 4.18 Å². The van der Waals surface area contributed by atoms with Crippen LogP contribution < -0.4 is 0 Å². The topological polar surface area (TPSA) is 43.4 Å². The molecule has 0 fully saturated rings. The van der Waals surface area contributed by atoms with E-state index in [4.69, 9.17) is 0 Å². The zero-order valence-corrected chi connectivity index (χ0v) is 19.7. The molecule has 0 aromatic carbocycles. The summed E-state index contributed by atoms with van der Waals surface area (Å²) in [7, 11) is -3.21. The third-order valence-corrected chi connectivity index (χ3v) is 1.89. The summed E-state index contributed by atoms with van der Waals surface area (Å²) in [5.41, 5.74) is 0. The average Bonchev–Trinajstić information content (AvgIpc) is 1.85. The summed E-state index contributed by atoms with van der Waals surface area (Å²) in [6.07, 6.45) is 5.26. The minimum Gasteiger partial charge on any atom is -0.270 e. The van der Waals surface area contributed by atoms with E-state index in [-0.39, 0.29) is 415 Å². The van der Waals surface area contributed by atoms with Gasteiger partial charge in [0.25, 0.3) is 10.1 Å². The van der Waals surface area contributed by atoms with Gasteiger partial charge in [-0.25, -0.2) is 0 Å². The number of rotatable bonds is 6. The van der Waals surface area contributed by atoms with Crippen LogP contribution in [0.2, 0.25) is 0 Å². The molecule has 0 aliphatic rings. The van der Waals surface area contributed by atoms with Crippen molar-refractivity contribution in [3.63, 3.8) is 0 Å².